The predicted molar refractivity (Wildman–Crippen MR) is 62.6 cm³/mol. The Morgan fingerprint density at radius 3 is 1.47 bits per heavy atom. The molecule has 0 unspecified atom stereocenters. The van der Waals surface area contributed by atoms with Crippen molar-refractivity contribution in [3.05, 3.63) is 71.8 Å². The molecule has 15 heavy (non-hydrogen) atoms. The molecule has 0 radical (unpaired) electrons. The van der Waals surface area contributed by atoms with Crippen LogP contribution >= 0.6 is 0 Å². The summed E-state index contributed by atoms with van der Waals surface area (Å²) in [5.74, 6) is 0. The Balaban J connectivity index is 2.34. The second-order valence-electron chi connectivity index (χ2n) is 3.63. The molecule has 0 bridgehead atoms. The lowest BCUT2D eigenvalue weighted by molar-refractivity contribution is -0.660. The van der Waals surface area contributed by atoms with Crippen LogP contribution in [0.1, 0.15) is 17.2 Å². The van der Waals surface area contributed by atoms with Crippen LogP contribution in [0.15, 0.2) is 60.7 Å². The summed E-state index contributed by atoms with van der Waals surface area (Å²) in [5.41, 5.74) is 2.71. The summed E-state index contributed by atoms with van der Waals surface area (Å²) >= 11 is 0. The van der Waals surface area contributed by atoms with Gasteiger partial charge in [-0.1, -0.05) is 60.7 Å². The largest absolute Gasteiger partial charge is 0.339 e. The van der Waals surface area contributed by atoms with Crippen molar-refractivity contribution >= 4 is 0 Å². The van der Waals surface area contributed by atoms with E-state index in [2.05, 4.69) is 73.0 Å². The molecule has 2 rings (SSSR count). The lowest BCUT2D eigenvalue weighted by Gasteiger charge is -2.13. The standard InChI is InChI=1S/C14H15N/c1-15-14(12-8-4-2-5-9-12)13-10-6-3-7-11-13/h2-11,14-15H,1H3/p+1. The van der Waals surface area contributed by atoms with Crippen LogP contribution in [0, 0.1) is 0 Å². The maximum atomic E-state index is 2.24. The molecule has 2 N–H and O–H groups in total. The topological polar surface area (TPSA) is 16.6 Å². The molecule has 0 heterocycles. The van der Waals surface area contributed by atoms with Crippen LogP contribution in [0.4, 0.5) is 0 Å². The van der Waals surface area contributed by atoms with Crippen molar-refractivity contribution in [2.45, 2.75) is 6.04 Å². The molecular weight excluding hydrogens is 182 g/mol. The number of rotatable bonds is 3. The highest BCUT2D eigenvalue weighted by atomic mass is 14.9. The highest BCUT2D eigenvalue weighted by molar-refractivity contribution is 5.28. The molecule has 0 aliphatic heterocycles. The van der Waals surface area contributed by atoms with E-state index in [4.69, 9.17) is 0 Å². The van der Waals surface area contributed by atoms with E-state index in [0.29, 0.717) is 6.04 Å². The highest BCUT2D eigenvalue weighted by Crippen LogP contribution is 2.17. The van der Waals surface area contributed by atoms with Crippen molar-refractivity contribution in [3.63, 3.8) is 0 Å². The molecule has 0 aliphatic carbocycles. The molecule has 2 aromatic rings. The molecular formula is C14H16N+. The zero-order valence-electron chi connectivity index (χ0n) is 8.93. The van der Waals surface area contributed by atoms with Crippen molar-refractivity contribution in [1.29, 1.82) is 0 Å². The Hall–Kier alpha value is -1.60. The van der Waals surface area contributed by atoms with Crippen LogP contribution in [0.25, 0.3) is 0 Å². The third-order valence-electron chi connectivity index (χ3n) is 2.65. The van der Waals surface area contributed by atoms with E-state index in [1.807, 2.05) is 0 Å². The van der Waals surface area contributed by atoms with Gasteiger partial charge in [0, 0.05) is 11.1 Å². The fourth-order valence-corrected chi connectivity index (χ4v) is 1.90. The van der Waals surface area contributed by atoms with Gasteiger partial charge < -0.3 is 5.32 Å². The van der Waals surface area contributed by atoms with Crippen molar-refractivity contribution in [1.82, 2.24) is 0 Å². The molecule has 0 saturated heterocycles. The minimum absolute atomic E-state index is 0.410. The Morgan fingerprint density at radius 2 is 1.13 bits per heavy atom. The van der Waals surface area contributed by atoms with Crippen LogP contribution in [0.3, 0.4) is 0 Å². The van der Waals surface area contributed by atoms with E-state index >= 15 is 0 Å². The van der Waals surface area contributed by atoms with E-state index in [-0.39, 0.29) is 0 Å². The zero-order chi connectivity index (χ0) is 10.5. The molecule has 0 saturated carbocycles. The first-order valence-electron chi connectivity index (χ1n) is 5.31. The quantitative estimate of drug-likeness (QED) is 0.776. The molecule has 1 nitrogen and oxygen atoms in total. The minimum atomic E-state index is 0.410. The first-order valence-corrected chi connectivity index (χ1v) is 5.31. The first-order chi connectivity index (χ1) is 7.42. The molecule has 76 valence electrons. The lowest BCUT2D eigenvalue weighted by Crippen LogP contribution is -2.81. The minimum Gasteiger partial charge on any atom is -0.339 e. The highest BCUT2D eigenvalue weighted by Gasteiger charge is 2.13. The van der Waals surface area contributed by atoms with Gasteiger partial charge in [-0.25, -0.2) is 0 Å². The van der Waals surface area contributed by atoms with E-state index in [0.717, 1.165) is 0 Å². The second-order valence-corrected chi connectivity index (χ2v) is 3.63. The summed E-state index contributed by atoms with van der Waals surface area (Å²) in [6.07, 6.45) is 0. The van der Waals surface area contributed by atoms with Gasteiger partial charge in [-0.15, -0.1) is 0 Å². The Labute approximate surface area is 90.8 Å². The maximum absolute atomic E-state index is 2.24. The smallest absolute Gasteiger partial charge is 0.137 e. The fourth-order valence-electron chi connectivity index (χ4n) is 1.90. The summed E-state index contributed by atoms with van der Waals surface area (Å²) in [5, 5.41) is 2.24. The predicted octanol–water partition coefficient (Wildman–Crippen LogP) is 1.97. The number of hydrogen-bond acceptors (Lipinski definition) is 0. The average molecular weight is 198 g/mol. The Bertz CT molecular complexity index is 355. The normalized spacial score (nSPS) is 10.5. The molecule has 0 aliphatic rings. The first kappa shape index (κ1) is 9.94. The van der Waals surface area contributed by atoms with Gasteiger partial charge in [0.25, 0.3) is 0 Å². The maximum Gasteiger partial charge on any atom is 0.137 e. The van der Waals surface area contributed by atoms with Gasteiger partial charge in [-0.3, -0.25) is 0 Å². The SMILES string of the molecule is C[NH2+]C(c1ccccc1)c1ccccc1. The summed E-state index contributed by atoms with van der Waals surface area (Å²) in [4.78, 5) is 0. The van der Waals surface area contributed by atoms with Gasteiger partial charge >= 0.3 is 0 Å². The molecule has 0 spiro atoms. The van der Waals surface area contributed by atoms with Crippen molar-refractivity contribution in [2.75, 3.05) is 7.05 Å². The molecule has 2 aromatic carbocycles. The van der Waals surface area contributed by atoms with Crippen molar-refractivity contribution in [2.24, 2.45) is 0 Å². The van der Waals surface area contributed by atoms with Gasteiger partial charge in [0.15, 0.2) is 0 Å². The third kappa shape index (κ3) is 2.25. The van der Waals surface area contributed by atoms with Crippen LogP contribution in [0.2, 0.25) is 0 Å². The van der Waals surface area contributed by atoms with Gasteiger partial charge in [0.1, 0.15) is 6.04 Å². The van der Waals surface area contributed by atoms with Gasteiger partial charge in [0.05, 0.1) is 7.05 Å². The number of hydrogen-bond donors (Lipinski definition) is 1. The number of nitrogens with two attached hydrogens (primary N) is 1. The third-order valence-corrected chi connectivity index (χ3v) is 2.65. The average Bonchev–Trinajstić information content (AvgIpc) is 2.33. The monoisotopic (exact) mass is 198 g/mol. The van der Waals surface area contributed by atoms with Crippen LogP contribution in [0.5, 0.6) is 0 Å². The summed E-state index contributed by atoms with van der Waals surface area (Å²) in [6.45, 7) is 0. The van der Waals surface area contributed by atoms with E-state index in [1.165, 1.54) is 11.1 Å². The molecule has 1 heteroatoms. The van der Waals surface area contributed by atoms with Crippen LogP contribution in [-0.2, 0) is 0 Å². The van der Waals surface area contributed by atoms with Gasteiger partial charge in [0.2, 0.25) is 0 Å². The molecule has 0 aromatic heterocycles. The summed E-state index contributed by atoms with van der Waals surface area (Å²) in [7, 11) is 2.12. The lowest BCUT2D eigenvalue weighted by atomic mass is 9.99. The van der Waals surface area contributed by atoms with Gasteiger partial charge in [-0.2, -0.15) is 0 Å². The molecule has 0 atom stereocenters. The Kier molecular flexibility index (Phi) is 3.15. The number of quaternary nitrogens is 1. The van der Waals surface area contributed by atoms with Gasteiger partial charge in [-0.05, 0) is 0 Å². The van der Waals surface area contributed by atoms with E-state index < -0.39 is 0 Å². The van der Waals surface area contributed by atoms with Crippen LogP contribution in [-0.4, -0.2) is 7.05 Å². The zero-order valence-corrected chi connectivity index (χ0v) is 8.93. The van der Waals surface area contributed by atoms with E-state index in [1.54, 1.807) is 0 Å². The molecule has 0 fully saturated rings. The molecule has 0 amide bonds. The van der Waals surface area contributed by atoms with Crippen LogP contribution < -0.4 is 5.32 Å². The number of benzene rings is 2. The van der Waals surface area contributed by atoms with E-state index in [9.17, 15) is 0 Å². The van der Waals surface area contributed by atoms with Crippen molar-refractivity contribution < 1.29 is 5.32 Å². The van der Waals surface area contributed by atoms with Crippen molar-refractivity contribution in [3.8, 4) is 0 Å². The summed E-state index contributed by atoms with van der Waals surface area (Å²) in [6, 6.07) is 21.6. The summed E-state index contributed by atoms with van der Waals surface area (Å²) < 4.78 is 0. The fraction of sp³-hybridized carbons (Fsp3) is 0.143. The Morgan fingerprint density at radius 1 is 0.733 bits per heavy atom. The second kappa shape index (κ2) is 4.76.